The van der Waals surface area contributed by atoms with Crippen molar-refractivity contribution in [1.29, 1.82) is 0 Å². The molecule has 118 valence electrons. The fourth-order valence-corrected chi connectivity index (χ4v) is 3.93. The van der Waals surface area contributed by atoms with Crippen molar-refractivity contribution in [3.05, 3.63) is 56.7 Å². The minimum Gasteiger partial charge on any atom is -0.349 e. The molecule has 0 aliphatic carbocycles. The van der Waals surface area contributed by atoms with Crippen molar-refractivity contribution in [3.63, 3.8) is 0 Å². The molecule has 0 bridgehead atoms. The van der Waals surface area contributed by atoms with Gasteiger partial charge in [-0.1, -0.05) is 35.3 Å². The standard InChI is InChI=1S/C16H13BrCl2N4/c17-11-9-20-23-8-6-14(21-16(11)23)22-7-2-5-13(22)10-3-1-4-12(18)15(10)19/h1,3-4,6,8-9,13H,2,5,7H2. The van der Waals surface area contributed by atoms with Crippen LogP contribution in [0.3, 0.4) is 0 Å². The van der Waals surface area contributed by atoms with Crippen LogP contribution in [0.2, 0.25) is 10.0 Å². The predicted octanol–water partition coefficient (Wildman–Crippen LogP) is 5.14. The van der Waals surface area contributed by atoms with Crippen molar-refractivity contribution in [3.8, 4) is 0 Å². The molecule has 4 rings (SSSR count). The SMILES string of the molecule is Clc1cccc(C2CCCN2c2ccn3ncc(Br)c3n2)c1Cl. The number of hydrogen-bond donors (Lipinski definition) is 0. The Hall–Kier alpha value is -1.30. The average Bonchev–Trinajstić information content (AvgIpc) is 3.17. The monoisotopic (exact) mass is 410 g/mol. The second-order valence-electron chi connectivity index (χ2n) is 5.54. The summed E-state index contributed by atoms with van der Waals surface area (Å²) in [5, 5.41) is 5.47. The molecule has 2 aromatic heterocycles. The highest BCUT2D eigenvalue weighted by Gasteiger charge is 2.29. The van der Waals surface area contributed by atoms with E-state index in [0.717, 1.165) is 40.9 Å². The largest absolute Gasteiger partial charge is 0.349 e. The molecule has 1 aliphatic rings. The van der Waals surface area contributed by atoms with Gasteiger partial charge < -0.3 is 4.90 Å². The van der Waals surface area contributed by atoms with Crippen LogP contribution >= 0.6 is 39.1 Å². The zero-order valence-corrected chi connectivity index (χ0v) is 15.2. The van der Waals surface area contributed by atoms with Crippen LogP contribution in [0.5, 0.6) is 0 Å². The third-order valence-electron chi connectivity index (χ3n) is 4.20. The molecule has 1 aromatic carbocycles. The van der Waals surface area contributed by atoms with E-state index in [9.17, 15) is 0 Å². The number of anilines is 1. The molecule has 0 radical (unpaired) electrons. The number of rotatable bonds is 2. The highest BCUT2D eigenvalue weighted by atomic mass is 79.9. The molecule has 0 spiro atoms. The van der Waals surface area contributed by atoms with E-state index >= 15 is 0 Å². The summed E-state index contributed by atoms with van der Waals surface area (Å²) in [6.07, 6.45) is 5.81. The van der Waals surface area contributed by atoms with E-state index in [1.807, 2.05) is 30.5 Å². The van der Waals surface area contributed by atoms with Gasteiger partial charge in [0.2, 0.25) is 0 Å². The Balaban J connectivity index is 1.77. The van der Waals surface area contributed by atoms with Crippen LogP contribution in [0.25, 0.3) is 5.65 Å². The van der Waals surface area contributed by atoms with Crippen molar-refractivity contribution in [2.45, 2.75) is 18.9 Å². The Morgan fingerprint density at radius 3 is 2.96 bits per heavy atom. The summed E-state index contributed by atoms with van der Waals surface area (Å²) in [7, 11) is 0. The number of benzene rings is 1. The van der Waals surface area contributed by atoms with Gasteiger partial charge in [0, 0.05) is 12.7 Å². The highest BCUT2D eigenvalue weighted by molar-refractivity contribution is 9.10. The zero-order chi connectivity index (χ0) is 16.0. The molecule has 1 aliphatic heterocycles. The Bertz CT molecular complexity index is 880. The first kappa shape index (κ1) is 15.2. The second kappa shape index (κ2) is 5.96. The summed E-state index contributed by atoms with van der Waals surface area (Å²) in [6, 6.07) is 8.00. The van der Waals surface area contributed by atoms with Crippen LogP contribution in [0.15, 0.2) is 41.1 Å². The van der Waals surface area contributed by atoms with Gasteiger partial charge in [0.25, 0.3) is 0 Å². The summed E-state index contributed by atoms with van der Waals surface area (Å²) >= 11 is 16.1. The van der Waals surface area contributed by atoms with Crippen LogP contribution in [0.4, 0.5) is 5.82 Å². The topological polar surface area (TPSA) is 33.4 Å². The molecule has 4 nitrogen and oxygen atoms in total. The van der Waals surface area contributed by atoms with Crippen molar-refractivity contribution < 1.29 is 0 Å². The minimum atomic E-state index is 0.192. The van der Waals surface area contributed by atoms with Crippen LogP contribution < -0.4 is 4.90 Å². The van der Waals surface area contributed by atoms with Crippen molar-refractivity contribution in [2.75, 3.05) is 11.4 Å². The summed E-state index contributed by atoms with van der Waals surface area (Å²) in [5.41, 5.74) is 1.87. The maximum absolute atomic E-state index is 6.43. The molecular formula is C16H13BrCl2N4. The third-order valence-corrected chi connectivity index (χ3v) is 5.59. The van der Waals surface area contributed by atoms with Crippen LogP contribution in [0, 0.1) is 0 Å². The maximum Gasteiger partial charge on any atom is 0.171 e. The molecule has 1 saturated heterocycles. The lowest BCUT2D eigenvalue weighted by atomic mass is 10.0. The van der Waals surface area contributed by atoms with Gasteiger partial charge in [-0.3, -0.25) is 0 Å². The lowest BCUT2D eigenvalue weighted by Gasteiger charge is -2.27. The van der Waals surface area contributed by atoms with Gasteiger partial charge in [0.15, 0.2) is 5.65 Å². The lowest BCUT2D eigenvalue weighted by molar-refractivity contribution is 0.711. The number of hydrogen-bond acceptors (Lipinski definition) is 3. The first-order valence-electron chi connectivity index (χ1n) is 7.35. The van der Waals surface area contributed by atoms with E-state index < -0.39 is 0 Å². The fraction of sp³-hybridized carbons (Fsp3) is 0.250. The average molecular weight is 412 g/mol. The number of nitrogens with zero attached hydrogens (tertiary/aromatic N) is 4. The Labute approximate surface area is 152 Å². The van der Waals surface area contributed by atoms with E-state index in [0.29, 0.717) is 10.0 Å². The van der Waals surface area contributed by atoms with Crippen molar-refractivity contribution in [2.24, 2.45) is 0 Å². The second-order valence-corrected chi connectivity index (χ2v) is 7.18. The Kier molecular flexibility index (Phi) is 3.95. The summed E-state index contributed by atoms with van der Waals surface area (Å²) in [6.45, 7) is 0.947. The summed E-state index contributed by atoms with van der Waals surface area (Å²) in [5.74, 6) is 0.928. The fourth-order valence-electron chi connectivity index (χ4n) is 3.13. The first-order chi connectivity index (χ1) is 11.1. The van der Waals surface area contributed by atoms with Gasteiger partial charge in [-0.05, 0) is 46.5 Å². The van der Waals surface area contributed by atoms with E-state index in [2.05, 4.69) is 25.9 Å². The number of halogens is 3. The molecule has 1 atom stereocenters. The molecule has 0 saturated carbocycles. The lowest BCUT2D eigenvalue weighted by Crippen LogP contribution is -2.24. The van der Waals surface area contributed by atoms with Gasteiger partial charge in [0.1, 0.15) is 5.82 Å². The Morgan fingerprint density at radius 1 is 1.22 bits per heavy atom. The molecule has 0 amide bonds. The molecular weight excluding hydrogens is 399 g/mol. The van der Waals surface area contributed by atoms with E-state index in [1.165, 1.54) is 0 Å². The maximum atomic E-state index is 6.43. The third kappa shape index (κ3) is 2.61. The molecule has 0 N–H and O–H groups in total. The van der Waals surface area contributed by atoms with Crippen molar-refractivity contribution >= 4 is 50.6 Å². The molecule has 7 heteroatoms. The summed E-state index contributed by atoms with van der Waals surface area (Å²) in [4.78, 5) is 7.04. The normalized spacial score (nSPS) is 18.0. The summed E-state index contributed by atoms with van der Waals surface area (Å²) < 4.78 is 2.64. The molecule has 3 aromatic rings. The molecule has 23 heavy (non-hydrogen) atoms. The van der Waals surface area contributed by atoms with Gasteiger partial charge in [-0.15, -0.1) is 0 Å². The highest BCUT2D eigenvalue weighted by Crippen LogP contribution is 2.40. The van der Waals surface area contributed by atoms with Crippen LogP contribution in [0.1, 0.15) is 24.4 Å². The predicted molar refractivity (Wildman–Crippen MR) is 96.5 cm³/mol. The van der Waals surface area contributed by atoms with Crippen molar-refractivity contribution in [1.82, 2.24) is 14.6 Å². The van der Waals surface area contributed by atoms with Gasteiger partial charge in [0.05, 0.1) is 26.8 Å². The zero-order valence-electron chi connectivity index (χ0n) is 12.1. The van der Waals surface area contributed by atoms with Gasteiger partial charge in [-0.2, -0.15) is 5.10 Å². The van der Waals surface area contributed by atoms with E-state index in [1.54, 1.807) is 10.7 Å². The number of fused-ring (bicyclic) bond motifs is 1. The van der Waals surface area contributed by atoms with E-state index in [4.69, 9.17) is 28.2 Å². The molecule has 1 unspecified atom stereocenters. The van der Waals surface area contributed by atoms with Crippen LogP contribution in [-0.4, -0.2) is 21.1 Å². The number of aromatic nitrogens is 3. The Morgan fingerprint density at radius 2 is 2.09 bits per heavy atom. The molecule has 3 heterocycles. The quantitative estimate of drug-likeness (QED) is 0.585. The first-order valence-corrected chi connectivity index (χ1v) is 8.90. The smallest absolute Gasteiger partial charge is 0.171 e. The van der Waals surface area contributed by atoms with E-state index in [-0.39, 0.29) is 6.04 Å². The van der Waals surface area contributed by atoms with Gasteiger partial charge in [-0.25, -0.2) is 9.50 Å². The minimum absolute atomic E-state index is 0.192. The molecule has 1 fully saturated rings. The van der Waals surface area contributed by atoms with Crippen LogP contribution in [-0.2, 0) is 0 Å². The van der Waals surface area contributed by atoms with Gasteiger partial charge >= 0.3 is 0 Å².